The molecule has 1 saturated carbocycles. The highest BCUT2D eigenvalue weighted by molar-refractivity contribution is 5.86. The lowest BCUT2D eigenvalue weighted by atomic mass is 9.95. The number of nitrogens with zero attached hydrogens (tertiary/aromatic N) is 4. The first-order valence-electron chi connectivity index (χ1n) is 19.6. The van der Waals surface area contributed by atoms with Gasteiger partial charge in [0.15, 0.2) is 0 Å². The number of amides is 3. The van der Waals surface area contributed by atoms with Crippen molar-refractivity contribution < 1.29 is 19.1 Å². The highest BCUT2D eigenvalue weighted by Gasteiger charge is 2.61. The van der Waals surface area contributed by atoms with Crippen molar-refractivity contribution in [3.8, 4) is 34.7 Å². The predicted molar refractivity (Wildman–Crippen MR) is 213 cm³/mol. The van der Waals surface area contributed by atoms with Gasteiger partial charge in [-0.05, 0) is 64.8 Å². The quantitative estimate of drug-likeness (QED) is 0.120. The van der Waals surface area contributed by atoms with E-state index in [4.69, 9.17) is 16.1 Å². The molecule has 3 amide bonds. The summed E-state index contributed by atoms with van der Waals surface area (Å²) in [5, 5.41) is 2.70. The number of alkyl carbamates (subject to hydrolysis) is 1. The second-order valence-corrected chi connectivity index (χ2v) is 15.7. The molecule has 1 fully saturated rings. The Labute approximate surface area is 325 Å². The molecule has 55 heavy (non-hydrogen) atoms. The summed E-state index contributed by atoms with van der Waals surface area (Å²) in [6.07, 6.45) is 10.5. The van der Waals surface area contributed by atoms with Crippen LogP contribution in [0.1, 0.15) is 88.5 Å². The first kappa shape index (κ1) is 39.3. The molecule has 3 N–H and O–H groups in total. The summed E-state index contributed by atoms with van der Waals surface area (Å²) in [6, 6.07) is 14.5. The van der Waals surface area contributed by atoms with Gasteiger partial charge in [0.2, 0.25) is 11.8 Å². The van der Waals surface area contributed by atoms with Gasteiger partial charge >= 0.3 is 6.09 Å². The van der Waals surface area contributed by atoms with Gasteiger partial charge in [0.1, 0.15) is 17.7 Å². The van der Waals surface area contributed by atoms with Crippen LogP contribution >= 0.6 is 0 Å². The number of aryl methyl sites for hydroxylation is 2. The van der Waals surface area contributed by atoms with Crippen LogP contribution in [0.2, 0.25) is 0 Å². The topological polar surface area (TPSA) is 136 Å². The third-order valence-electron chi connectivity index (χ3n) is 12.0. The molecule has 290 valence electrons. The summed E-state index contributed by atoms with van der Waals surface area (Å²) in [5.74, 6) is 4.78. The average Bonchev–Trinajstić information content (AvgIpc) is 3.50. The van der Waals surface area contributed by atoms with Gasteiger partial charge in [0.05, 0.1) is 43.2 Å². The molecule has 0 spiro atoms. The molecular weight excluding hydrogens is 691 g/mol. The Morgan fingerprint density at radius 2 is 1.65 bits per heavy atom. The molecule has 3 atom stereocenters. The molecule has 2 aromatic heterocycles. The van der Waals surface area contributed by atoms with E-state index < -0.39 is 12.1 Å². The van der Waals surface area contributed by atoms with E-state index in [2.05, 4.69) is 89.4 Å². The highest BCUT2D eigenvalue weighted by atomic mass is 16.5. The number of nitrogens with one attached hydrogen (secondary N) is 3. The summed E-state index contributed by atoms with van der Waals surface area (Å²) in [7, 11) is 1.30. The predicted octanol–water partition coefficient (Wildman–Crippen LogP) is 6.92. The van der Waals surface area contributed by atoms with Crippen molar-refractivity contribution in [3.63, 3.8) is 0 Å². The Bertz CT molecular complexity index is 2050. The van der Waals surface area contributed by atoms with Crippen LogP contribution in [0, 0.1) is 35.5 Å². The Hall–Kier alpha value is -5.37. The van der Waals surface area contributed by atoms with Gasteiger partial charge in [-0.2, -0.15) is 0 Å². The van der Waals surface area contributed by atoms with Gasteiger partial charge in [-0.25, -0.2) is 14.8 Å². The van der Waals surface area contributed by atoms with Crippen molar-refractivity contribution in [1.82, 2.24) is 35.1 Å². The minimum Gasteiger partial charge on any atom is -0.453 e. The van der Waals surface area contributed by atoms with Crippen LogP contribution in [0.5, 0.6) is 0 Å². The lowest BCUT2D eigenvalue weighted by molar-refractivity contribution is -0.138. The Kier molecular flexibility index (Phi) is 11.8. The number of hydrogen-bond donors (Lipinski definition) is 3. The summed E-state index contributed by atoms with van der Waals surface area (Å²) < 4.78 is 4.77. The molecule has 0 aliphatic heterocycles. The lowest BCUT2D eigenvalue weighted by Gasteiger charge is -2.28. The molecule has 11 nitrogen and oxygen atoms in total. The van der Waals surface area contributed by atoms with E-state index in [9.17, 15) is 14.4 Å². The summed E-state index contributed by atoms with van der Waals surface area (Å²) in [4.78, 5) is 59.2. The van der Waals surface area contributed by atoms with Crippen LogP contribution in [0.3, 0.4) is 0 Å². The number of H-pyrrole nitrogens is 2. The standard InChI is InChI=1S/C44H55N7O4/c1-9-11-21-51(42(53)44(7)28(5)29(44)6)25-38-45-24-37(48-38)31-14-12-30(13-15-31)32-16-17-34-23-36-35(19-18-33(34)22-32)46-39(47-36)26-50(20-10-2)41(52)40(27(3)4)49-43(54)55-8/h1,12-17,22,24,27-29,40H,10-11,18-21,23,25-26H2,2-8H3,(H,45,48)(H,46,47)(H,49,54)/t28?,29?,40-,44?/m0/s1. The van der Waals surface area contributed by atoms with E-state index in [1.54, 1.807) is 4.90 Å². The number of rotatable bonds is 14. The molecule has 6 rings (SSSR count). The van der Waals surface area contributed by atoms with E-state index in [-0.39, 0.29) is 23.1 Å². The van der Waals surface area contributed by atoms with Gasteiger partial charge in [-0.1, -0.05) is 84.0 Å². The smallest absolute Gasteiger partial charge is 0.407 e. The van der Waals surface area contributed by atoms with Crippen LogP contribution in [0.15, 0.2) is 48.7 Å². The molecular formula is C44H55N7O4. The van der Waals surface area contributed by atoms with Crippen LogP contribution in [-0.4, -0.2) is 73.9 Å². The summed E-state index contributed by atoms with van der Waals surface area (Å²) in [6.45, 7) is 14.0. The molecule has 0 saturated heterocycles. The normalized spacial score (nSPS) is 19.0. The van der Waals surface area contributed by atoms with E-state index in [0.717, 1.165) is 71.1 Å². The number of hydrogen-bond acceptors (Lipinski definition) is 6. The van der Waals surface area contributed by atoms with E-state index in [1.807, 2.05) is 31.9 Å². The first-order chi connectivity index (χ1) is 26.4. The molecule has 4 aromatic rings. The van der Waals surface area contributed by atoms with Gasteiger partial charge in [0, 0.05) is 31.6 Å². The number of carbonyl (C=O) groups excluding carboxylic acids is 3. The maximum atomic E-state index is 13.6. The van der Waals surface area contributed by atoms with E-state index in [1.165, 1.54) is 18.2 Å². The molecule has 2 heterocycles. The Morgan fingerprint density at radius 1 is 0.964 bits per heavy atom. The monoisotopic (exact) mass is 745 g/mol. The first-order valence-corrected chi connectivity index (χ1v) is 19.6. The molecule has 2 aliphatic rings. The fourth-order valence-electron chi connectivity index (χ4n) is 7.98. The number of methoxy groups -OCH3 is 1. The number of benzene rings is 2. The molecule has 0 radical (unpaired) electrons. The molecule has 2 aliphatic carbocycles. The number of fused-ring (bicyclic) bond motifs is 2. The van der Waals surface area contributed by atoms with Crippen molar-refractivity contribution in [2.24, 2.45) is 23.2 Å². The van der Waals surface area contributed by atoms with Crippen molar-refractivity contribution in [1.29, 1.82) is 0 Å². The third-order valence-corrected chi connectivity index (χ3v) is 12.0. The van der Waals surface area contributed by atoms with Crippen LogP contribution in [0.25, 0.3) is 22.4 Å². The number of aromatic nitrogens is 4. The summed E-state index contributed by atoms with van der Waals surface area (Å²) in [5.41, 5.74) is 8.54. The average molecular weight is 746 g/mol. The van der Waals surface area contributed by atoms with Crippen molar-refractivity contribution in [2.75, 3.05) is 20.2 Å². The fourth-order valence-corrected chi connectivity index (χ4v) is 7.98. The zero-order chi connectivity index (χ0) is 39.4. The van der Waals surface area contributed by atoms with Gasteiger partial charge in [-0.15, -0.1) is 12.3 Å². The molecule has 11 heteroatoms. The second kappa shape index (κ2) is 16.6. The summed E-state index contributed by atoms with van der Waals surface area (Å²) >= 11 is 0. The van der Waals surface area contributed by atoms with Crippen LogP contribution < -0.4 is 5.32 Å². The Balaban J connectivity index is 1.11. The van der Waals surface area contributed by atoms with Crippen molar-refractivity contribution >= 4 is 17.9 Å². The number of ether oxygens (including phenoxy) is 1. The zero-order valence-electron chi connectivity index (χ0n) is 33.3. The van der Waals surface area contributed by atoms with Crippen LogP contribution in [0.4, 0.5) is 4.79 Å². The van der Waals surface area contributed by atoms with Crippen molar-refractivity contribution in [2.45, 2.75) is 92.8 Å². The largest absolute Gasteiger partial charge is 0.453 e. The number of imidazole rings is 2. The van der Waals surface area contributed by atoms with Crippen LogP contribution in [-0.2, 0) is 46.7 Å². The number of terminal acetylenes is 1. The van der Waals surface area contributed by atoms with Gasteiger partial charge in [0.25, 0.3) is 0 Å². The fraction of sp³-hybridized carbons (Fsp3) is 0.477. The number of aromatic amines is 2. The van der Waals surface area contributed by atoms with E-state index >= 15 is 0 Å². The van der Waals surface area contributed by atoms with Gasteiger partial charge < -0.3 is 29.8 Å². The third kappa shape index (κ3) is 8.34. The highest BCUT2D eigenvalue weighted by Crippen LogP contribution is 2.59. The second-order valence-electron chi connectivity index (χ2n) is 15.7. The molecule has 0 bridgehead atoms. The maximum absolute atomic E-state index is 13.6. The minimum absolute atomic E-state index is 0.0995. The molecule has 2 unspecified atom stereocenters. The Morgan fingerprint density at radius 3 is 2.31 bits per heavy atom. The SMILES string of the molecule is C#CCCN(Cc1ncc(-c2ccc(-c3ccc4c(c3)CCc3nc(CN(CCC)C(=O)[C@@H](NC(=O)OC)C(C)C)[nH]c3C4)cc2)[nH]1)C(=O)C1(C)C(C)C1C. The maximum Gasteiger partial charge on any atom is 0.407 e. The number of carbonyl (C=O) groups is 3. The van der Waals surface area contributed by atoms with E-state index in [0.29, 0.717) is 44.4 Å². The van der Waals surface area contributed by atoms with Crippen molar-refractivity contribution in [3.05, 3.63) is 82.8 Å². The zero-order valence-corrected chi connectivity index (χ0v) is 33.3. The lowest BCUT2D eigenvalue weighted by Crippen LogP contribution is -2.51. The minimum atomic E-state index is -0.685. The molecule has 2 aromatic carbocycles. The van der Waals surface area contributed by atoms with Gasteiger partial charge in [-0.3, -0.25) is 9.59 Å².